The van der Waals surface area contributed by atoms with Gasteiger partial charge in [0, 0.05) is 59.6 Å². The van der Waals surface area contributed by atoms with Crippen LogP contribution in [0.2, 0.25) is 0 Å². The van der Waals surface area contributed by atoms with Crippen molar-refractivity contribution in [1.29, 1.82) is 0 Å². The fourth-order valence-electron chi connectivity index (χ4n) is 3.24. The van der Waals surface area contributed by atoms with Gasteiger partial charge in [-0.15, -0.1) is 0 Å². The van der Waals surface area contributed by atoms with Gasteiger partial charge in [0.25, 0.3) is 0 Å². The molecule has 4 aromatic rings. The third-order valence-corrected chi connectivity index (χ3v) is 4.83. The Bertz CT molecular complexity index is 1230. The number of aromatic amines is 2. The van der Waals surface area contributed by atoms with E-state index in [-0.39, 0.29) is 11.6 Å². The number of carbonyl (C=O) groups is 2. The second-order valence-corrected chi connectivity index (χ2v) is 7.39. The van der Waals surface area contributed by atoms with E-state index >= 15 is 0 Å². The normalized spacial score (nSPS) is 10.7. The highest BCUT2D eigenvalue weighted by Gasteiger charge is 2.08. The minimum atomic E-state index is -1.26. The summed E-state index contributed by atoms with van der Waals surface area (Å²) in [6.45, 7) is 1.26. The van der Waals surface area contributed by atoms with E-state index < -0.39 is 11.9 Å². The molecule has 0 amide bonds. The van der Waals surface area contributed by atoms with Gasteiger partial charge in [0.1, 0.15) is 11.6 Å². The molecule has 0 saturated carbocycles. The number of nitrogens with one attached hydrogen (secondary N) is 3. The number of rotatable bonds is 8. The lowest BCUT2D eigenvalue weighted by Gasteiger charge is -2.03. The monoisotopic (exact) mass is 479 g/mol. The summed E-state index contributed by atoms with van der Waals surface area (Å²) in [7, 11) is 0. The van der Waals surface area contributed by atoms with Crippen LogP contribution < -0.4 is 5.32 Å². The Morgan fingerprint density at radius 1 is 0.800 bits per heavy atom. The second kappa shape index (κ2) is 12.1. The average Bonchev–Trinajstić information content (AvgIpc) is 3.49. The molecular weight excluding hydrogens is 456 g/mol. The lowest BCUT2D eigenvalue weighted by atomic mass is 10.1. The number of hydrogen-bond donors (Lipinski definition) is 5. The van der Waals surface area contributed by atoms with Crippen molar-refractivity contribution in [2.24, 2.45) is 0 Å². The Morgan fingerprint density at radius 3 is 1.94 bits per heavy atom. The van der Waals surface area contributed by atoms with Gasteiger partial charge in [-0.3, -0.25) is 0 Å². The van der Waals surface area contributed by atoms with E-state index in [1.54, 1.807) is 24.3 Å². The molecule has 0 aliphatic rings. The molecule has 7 nitrogen and oxygen atoms in total. The molecule has 180 valence electrons. The minimum absolute atomic E-state index is 0.244. The predicted molar refractivity (Wildman–Crippen MR) is 127 cm³/mol. The molecule has 5 N–H and O–H groups in total. The molecule has 2 aromatic heterocycles. The summed E-state index contributed by atoms with van der Waals surface area (Å²) in [5.74, 6) is -3.00. The highest BCUT2D eigenvalue weighted by Crippen LogP contribution is 2.23. The summed E-state index contributed by atoms with van der Waals surface area (Å²) in [5.41, 5.74) is 4.64. The zero-order chi connectivity index (χ0) is 25.2. The molecule has 0 atom stereocenters. The van der Waals surface area contributed by atoms with Gasteiger partial charge in [0.2, 0.25) is 0 Å². The van der Waals surface area contributed by atoms with Crippen LogP contribution in [0.1, 0.15) is 11.3 Å². The van der Waals surface area contributed by atoms with Crippen molar-refractivity contribution in [3.8, 4) is 22.5 Å². The van der Waals surface area contributed by atoms with E-state index in [0.717, 1.165) is 22.6 Å². The van der Waals surface area contributed by atoms with E-state index in [1.807, 2.05) is 36.5 Å². The quantitative estimate of drug-likeness (QED) is 0.229. The Balaban J connectivity index is 0.000000371. The molecule has 2 heterocycles. The molecule has 9 heteroatoms. The van der Waals surface area contributed by atoms with Gasteiger partial charge < -0.3 is 25.5 Å². The maximum Gasteiger partial charge on any atom is 0.328 e. The van der Waals surface area contributed by atoms with Crippen molar-refractivity contribution >= 4 is 11.9 Å². The molecule has 0 spiro atoms. The van der Waals surface area contributed by atoms with E-state index in [1.165, 1.54) is 12.1 Å². The van der Waals surface area contributed by atoms with Gasteiger partial charge in [-0.1, -0.05) is 24.3 Å². The summed E-state index contributed by atoms with van der Waals surface area (Å²) < 4.78 is 27.7. The van der Waals surface area contributed by atoms with Crippen molar-refractivity contribution in [2.45, 2.75) is 13.1 Å². The Hall–Kier alpha value is -4.50. The summed E-state index contributed by atoms with van der Waals surface area (Å²) in [6, 6.07) is 19.1. The topological polar surface area (TPSA) is 118 Å². The smallest absolute Gasteiger partial charge is 0.328 e. The number of aromatic nitrogens is 2. The van der Waals surface area contributed by atoms with Crippen LogP contribution >= 0.6 is 0 Å². The molecule has 0 aliphatic heterocycles. The van der Waals surface area contributed by atoms with Gasteiger partial charge in [-0.25, -0.2) is 18.4 Å². The molecule has 0 aliphatic carbocycles. The van der Waals surface area contributed by atoms with Crippen molar-refractivity contribution in [3.63, 3.8) is 0 Å². The first kappa shape index (κ1) is 25.1. The molecule has 0 unspecified atom stereocenters. The van der Waals surface area contributed by atoms with Crippen LogP contribution in [0, 0.1) is 11.6 Å². The SMILES string of the molecule is Fc1ccccc1-c1cc(CNCc2ccc(-c3ccccc3F)[nH]2)c[nH]1.O=C(O)/C=C/C(=O)O. The lowest BCUT2D eigenvalue weighted by molar-refractivity contribution is -0.134. The van der Waals surface area contributed by atoms with Crippen molar-refractivity contribution in [2.75, 3.05) is 0 Å². The van der Waals surface area contributed by atoms with Gasteiger partial charge >= 0.3 is 11.9 Å². The fraction of sp³-hybridized carbons (Fsp3) is 0.0769. The van der Waals surface area contributed by atoms with E-state index in [4.69, 9.17) is 10.2 Å². The Labute approximate surface area is 199 Å². The lowest BCUT2D eigenvalue weighted by Crippen LogP contribution is -2.12. The van der Waals surface area contributed by atoms with Gasteiger partial charge in [0.15, 0.2) is 0 Å². The van der Waals surface area contributed by atoms with E-state index in [9.17, 15) is 18.4 Å². The maximum atomic E-state index is 13.9. The Kier molecular flexibility index (Phi) is 8.69. The average molecular weight is 479 g/mol. The third kappa shape index (κ3) is 7.51. The third-order valence-electron chi connectivity index (χ3n) is 4.83. The van der Waals surface area contributed by atoms with Crippen molar-refractivity contribution < 1.29 is 28.6 Å². The number of hydrogen-bond acceptors (Lipinski definition) is 3. The van der Waals surface area contributed by atoms with Crippen LogP contribution in [0.5, 0.6) is 0 Å². The highest BCUT2D eigenvalue weighted by molar-refractivity contribution is 5.89. The largest absolute Gasteiger partial charge is 0.478 e. The zero-order valence-electron chi connectivity index (χ0n) is 18.5. The van der Waals surface area contributed by atoms with Gasteiger partial charge in [0.05, 0.1) is 0 Å². The highest BCUT2D eigenvalue weighted by atomic mass is 19.1. The second-order valence-electron chi connectivity index (χ2n) is 7.39. The maximum absolute atomic E-state index is 13.9. The first-order valence-electron chi connectivity index (χ1n) is 10.5. The first-order valence-corrected chi connectivity index (χ1v) is 10.5. The summed E-state index contributed by atoms with van der Waals surface area (Å²) in [5, 5.41) is 19.0. The number of halogens is 2. The molecule has 0 saturated heterocycles. The van der Waals surface area contributed by atoms with Crippen LogP contribution in [0.15, 0.2) is 85.1 Å². The van der Waals surface area contributed by atoms with Crippen LogP contribution in [0.4, 0.5) is 8.78 Å². The van der Waals surface area contributed by atoms with Crippen LogP contribution in [0.25, 0.3) is 22.5 Å². The molecule has 0 bridgehead atoms. The fourth-order valence-corrected chi connectivity index (χ4v) is 3.24. The van der Waals surface area contributed by atoms with E-state index in [0.29, 0.717) is 36.4 Å². The van der Waals surface area contributed by atoms with Gasteiger partial charge in [-0.2, -0.15) is 0 Å². The molecular formula is C26H23F2N3O4. The summed E-state index contributed by atoms with van der Waals surface area (Å²) in [4.78, 5) is 25.5. The Morgan fingerprint density at radius 2 is 1.37 bits per heavy atom. The van der Waals surface area contributed by atoms with Crippen LogP contribution in [0.3, 0.4) is 0 Å². The first-order chi connectivity index (χ1) is 16.8. The number of H-pyrrole nitrogens is 2. The molecule has 35 heavy (non-hydrogen) atoms. The standard InChI is InChI=1S/C22H19F2N3.C4H4O4/c23-19-7-3-1-5-17(19)21-10-9-16(27-21)14-25-12-15-11-22(26-13-15)18-6-2-4-8-20(18)24;5-3(6)1-2-4(7)8/h1-11,13,25-27H,12,14H2;1-2H,(H,5,6)(H,7,8)/b;2-1+. The summed E-state index contributed by atoms with van der Waals surface area (Å²) >= 11 is 0. The number of carboxylic acids is 2. The molecule has 4 rings (SSSR count). The number of aliphatic carboxylic acids is 2. The predicted octanol–water partition coefficient (Wildman–Crippen LogP) is 4.96. The van der Waals surface area contributed by atoms with Crippen LogP contribution in [-0.4, -0.2) is 32.1 Å². The number of carboxylic acid groups (broad SMARTS) is 2. The number of benzene rings is 2. The minimum Gasteiger partial charge on any atom is -0.478 e. The molecule has 0 fully saturated rings. The zero-order valence-corrected chi connectivity index (χ0v) is 18.5. The van der Waals surface area contributed by atoms with Crippen molar-refractivity contribution in [3.05, 3.63) is 108 Å². The molecule has 2 aromatic carbocycles. The van der Waals surface area contributed by atoms with Gasteiger partial charge in [-0.05, 0) is 48.0 Å². The molecule has 0 radical (unpaired) electrons. The van der Waals surface area contributed by atoms with Crippen LogP contribution in [-0.2, 0) is 22.7 Å². The van der Waals surface area contributed by atoms with Crippen molar-refractivity contribution in [1.82, 2.24) is 15.3 Å². The van der Waals surface area contributed by atoms with E-state index in [2.05, 4.69) is 15.3 Å². The summed E-state index contributed by atoms with van der Waals surface area (Å²) in [6.07, 6.45) is 2.99.